The molecule has 104 valence electrons. The van der Waals surface area contributed by atoms with Gasteiger partial charge >= 0.3 is 11.9 Å². The average Bonchev–Trinajstić information content (AvgIpc) is 2.46. The van der Waals surface area contributed by atoms with Gasteiger partial charge in [-0.15, -0.1) is 0 Å². The molecule has 0 aliphatic carbocycles. The average molecular weight is 283 g/mol. The summed E-state index contributed by atoms with van der Waals surface area (Å²) in [4.78, 5) is 36.6. The second kappa shape index (κ2) is 4.45. The fourth-order valence-corrected chi connectivity index (χ4v) is 2.31. The molecule has 1 heterocycles. The Kier molecular flexibility index (Phi) is 2.72. The van der Waals surface area contributed by atoms with E-state index in [2.05, 4.69) is 4.98 Å². The molecular formula is C15H9NO5. The molecule has 3 N–H and O–H groups in total. The normalized spacial score (nSPS) is 10.9. The minimum atomic E-state index is -1.11. The second-order valence-electron chi connectivity index (χ2n) is 4.59. The van der Waals surface area contributed by atoms with Crippen LogP contribution in [0.15, 0.2) is 41.2 Å². The number of carboxylic acid groups (broad SMARTS) is 2. The van der Waals surface area contributed by atoms with E-state index in [1.165, 1.54) is 24.3 Å². The van der Waals surface area contributed by atoms with Gasteiger partial charge in [-0.2, -0.15) is 0 Å². The first-order chi connectivity index (χ1) is 9.97. The van der Waals surface area contributed by atoms with Crippen LogP contribution in [0.4, 0.5) is 0 Å². The van der Waals surface area contributed by atoms with Crippen LogP contribution < -0.4 is 5.56 Å². The van der Waals surface area contributed by atoms with Gasteiger partial charge < -0.3 is 15.2 Å². The van der Waals surface area contributed by atoms with E-state index in [4.69, 9.17) is 10.2 Å². The van der Waals surface area contributed by atoms with Crippen molar-refractivity contribution in [1.82, 2.24) is 4.98 Å². The molecule has 0 fully saturated rings. The summed E-state index contributed by atoms with van der Waals surface area (Å²) in [7, 11) is 0. The van der Waals surface area contributed by atoms with Crippen molar-refractivity contribution in [3.05, 3.63) is 57.9 Å². The van der Waals surface area contributed by atoms with E-state index < -0.39 is 17.5 Å². The highest BCUT2D eigenvalue weighted by Crippen LogP contribution is 2.23. The number of fused-ring (bicyclic) bond motifs is 3. The second-order valence-corrected chi connectivity index (χ2v) is 4.59. The summed E-state index contributed by atoms with van der Waals surface area (Å²) >= 11 is 0. The van der Waals surface area contributed by atoms with Gasteiger partial charge in [0.15, 0.2) is 0 Å². The fourth-order valence-electron chi connectivity index (χ4n) is 2.31. The van der Waals surface area contributed by atoms with Gasteiger partial charge in [-0.25, -0.2) is 9.59 Å². The van der Waals surface area contributed by atoms with E-state index in [0.717, 1.165) is 0 Å². The summed E-state index contributed by atoms with van der Waals surface area (Å²) in [6.07, 6.45) is 0. The monoisotopic (exact) mass is 283 g/mol. The van der Waals surface area contributed by atoms with Crippen LogP contribution in [0.2, 0.25) is 0 Å². The molecular weight excluding hydrogens is 274 g/mol. The maximum Gasteiger partial charge on any atom is 0.335 e. The quantitative estimate of drug-likeness (QED) is 0.624. The van der Waals surface area contributed by atoms with E-state index >= 15 is 0 Å². The summed E-state index contributed by atoms with van der Waals surface area (Å²) in [6, 6.07) is 8.68. The third kappa shape index (κ3) is 2.02. The summed E-state index contributed by atoms with van der Waals surface area (Å²) in [6.45, 7) is 0. The number of hydrogen-bond donors (Lipinski definition) is 3. The molecule has 3 rings (SSSR count). The first-order valence-electron chi connectivity index (χ1n) is 6.04. The molecule has 3 aromatic rings. The first kappa shape index (κ1) is 12.9. The summed E-state index contributed by atoms with van der Waals surface area (Å²) in [5, 5.41) is 19.4. The molecule has 6 heteroatoms. The summed E-state index contributed by atoms with van der Waals surface area (Å²) < 4.78 is 0. The Labute approximate surface area is 117 Å². The van der Waals surface area contributed by atoms with Crippen LogP contribution in [0.25, 0.3) is 21.7 Å². The van der Waals surface area contributed by atoms with Gasteiger partial charge in [0.1, 0.15) is 0 Å². The van der Waals surface area contributed by atoms with E-state index in [-0.39, 0.29) is 16.5 Å². The van der Waals surface area contributed by atoms with Crippen molar-refractivity contribution in [2.45, 2.75) is 0 Å². The van der Waals surface area contributed by atoms with Crippen LogP contribution in [0, 0.1) is 0 Å². The molecule has 0 spiro atoms. The van der Waals surface area contributed by atoms with Gasteiger partial charge in [-0.3, -0.25) is 4.79 Å². The van der Waals surface area contributed by atoms with Crippen LogP contribution >= 0.6 is 0 Å². The van der Waals surface area contributed by atoms with Crippen LogP contribution in [0.1, 0.15) is 20.7 Å². The lowest BCUT2D eigenvalue weighted by Crippen LogP contribution is -2.08. The van der Waals surface area contributed by atoms with Crippen molar-refractivity contribution in [3.8, 4) is 0 Å². The van der Waals surface area contributed by atoms with Crippen molar-refractivity contribution in [2.75, 3.05) is 0 Å². The summed E-state index contributed by atoms with van der Waals surface area (Å²) in [5.41, 5.74) is 0.0350. The number of carbonyl (C=O) groups is 2. The van der Waals surface area contributed by atoms with Crippen molar-refractivity contribution in [1.29, 1.82) is 0 Å². The Morgan fingerprint density at radius 3 is 2.00 bits per heavy atom. The Morgan fingerprint density at radius 2 is 1.38 bits per heavy atom. The zero-order chi connectivity index (χ0) is 15.1. The molecule has 0 saturated heterocycles. The topological polar surface area (TPSA) is 107 Å². The third-order valence-electron chi connectivity index (χ3n) is 3.32. The lowest BCUT2D eigenvalue weighted by atomic mass is 10.0. The Bertz CT molecular complexity index is 971. The van der Waals surface area contributed by atoms with Crippen LogP contribution in [0.3, 0.4) is 0 Å². The van der Waals surface area contributed by atoms with Gasteiger partial charge in [-0.1, -0.05) is 12.1 Å². The van der Waals surface area contributed by atoms with Crippen molar-refractivity contribution in [2.24, 2.45) is 0 Å². The Morgan fingerprint density at radius 1 is 0.810 bits per heavy atom. The van der Waals surface area contributed by atoms with E-state index in [9.17, 15) is 14.4 Å². The molecule has 21 heavy (non-hydrogen) atoms. The largest absolute Gasteiger partial charge is 0.478 e. The lowest BCUT2D eigenvalue weighted by molar-refractivity contribution is 0.0686. The van der Waals surface area contributed by atoms with Gasteiger partial charge in [0, 0.05) is 16.3 Å². The van der Waals surface area contributed by atoms with Crippen LogP contribution in [0.5, 0.6) is 0 Å². The first-order valence-corrected chi connectivity index (χ1v) is 6.04. The summed E-state index contributed by atoms with van der Waals surface area (Å²) in [5.74, 6) is -2.20. The molecule has 0 amide bonds. The van der Waals surface area contributed by atoms with Crippen LogP contribution in [-0.4, -0.2) is 27.1 Å². The minimum Gasteiger partial charge on any atom is -0.478 e. The molecule has 2 aromatic carbocycles. The number of aromatic amines is 1. The number of carboxylic acids is 2. The predicted octanol–water partition coefficient (Wildman–Crippen LogP) is 2.08. The molecule has 1 aromatic heterocycles. The number of rotatable bonds is 2. The molecule has 0 bridgehead atoms. The van der Waals surface area contributed by atoms with Crippen molar-refractivity contribution < 1.29 is 19.8 Å². The number of hydrogen-bond acceptors (Lipinski definition) is 3. The number of pyridine rings is 1. The lowest BCUT2D eigenvalue weighted by Gasteiger charge is -2.05. The predicted molar refractivity (Wildman–Crippen MR) is 76.0 cm³/mol. The Hall–Kier alpha value is -3.15. The number of aromatic nitrogens is 1. The van der Waals surface area contributed by atoms with Gasteiger partial charge in [0.25, 0.3) is 5.56 Å². The molecule has 0 atom stereocenters. The van der Waals surface area contributed by atoms with Crippen molar-refractivity contribution >= 4 is 33.6 Å². The minimum absolute atomic E-state index is 0.0227. The highest BCUT2D eigenvalue weighted by atomic mass is 16.4. The highest BCUT2D eigenvalue weighted by molar-refractivity contribution is 6.08. The number of aromatic carboxylic acids is 2. The molecule has 0 aliphatic heterocycles. The standard InChI is InChI=1S/C15H9NO5/c17-13-11-5-7(14(18)19)1-3-9(11)10-4-2-8(15(20)21)6-12(10)16-13/h1-6H,(H,16,17)(H,18,19)(H,20,21). The maximum absolute atomic E-state index is 12.1. The number of H-pyrrole nitrogens is 1. The smallest absolute Gasteiger partial charge is 0.335 e. The van der Waals surface area contributed by atoms with E-state index in [0.29, 0.717) is 16.3 Å². The van der Waals surface area contributed by atoms with Crippen LogP contribution in [-0.2, 0) is 0 Å². The molecule has 6 nitrogen and oxygen atoms in total. The van der Waals surface area contributed by atoms with E-state index in [1.54, 1.807) is 12.1 Å². The zero-order valence-corrected chi connectivity index (χ0v) is 10.6. The number of nitrogens with one attached hydrogen (secondary N) is 1. The third-order valence-corrected chi connectivity index (χ3v) is 3.32. The maximum atomic E-state index is 12.1. The zero-order valence-electron chi connectivity index (χ0n) is 10.6. The fraction of sp³-hybridized carbons (Fsp3) is 0. The molecule has 0 radical (unpaired) electrons. The van der Waals surface area contributed by atoms with Gasteiger partial charge in [0.2, 0.25) is 0 Å². The SMILES string of the molecule is O=C(O)c1ccc2c(c1)[nH]c(=O)c1cc(C(=O)O)ccc12. The highest BCUT2D eigenvalue weighted by Gasteiger charge is 2.11. The van der Waals surface area contributed by atoms with Gasteiger partial charge in [-0.05, 0) is 29.7 Å². The Balaban J connectivity index is 2.41. The molecule has 0 unspecified atom stereocenters. The number of benzene rings is 2. The molecule has 0 saturated carbocycles. The van der Waals surface area contributed by atoms with Gasteiger partial charge in [0.05, 0.1) is 11.1 Å². The van der Waals surface area contributed by atoms with E-state index in [1.807, 2.05) is 0 Å². The van der Waals surface area contributed by atoms with Crippen molar-refractivity contribution in [3.63, 3.8) is 0 Å². The molecule has 0 aliphatic rings.